The van der Waals surface area contributed by atoms with Crippen molar-refractivity contribution in [3.8, 4) is 0 Å². The molecule has 1 aliphatic heterocycles. The molecule has 3 N–H and O–H groups in total. The molecule has 17 heavy (non-hydrogen) atoms. The summed E-state index contributed by atoms with van der Waals surface area (Å²) in [5, 5.41) is 0. The molecule has 0 spiro atoms. The van der Waals surface area contributed by atoms with E-state index in [1.54, 1.807) is 0 Å². The molecule has 6 nitrogen and oxygen atoms in total. The van der Waals surface area contributed by atoms with E-state index in [2.05, 4.69) is 21.9 Å². The zero-order chi connectivity index (χ0) is 12.4. The number of nitrogens with zero attached hydrogens (tertiary/aromatic N) is 3. The largest absolute Gasteiger partial charge is 0.391 e. The molecule has 1 saturated heterocycles. The van der Waals surface area contributed by atoms with E-state index >= 15 is 0 Å². The number of likely N-dealkylation sites (N-methyl/N-ethyl adjacent to an activating group) is 2. The number of rotatable bonds is 3. The van der Waals surface area contributed by atoms with E-state index in [4.69, 9.17) is 5.73 Å². The van der Waals surface area contributed by atoms with Crippen LogP contribution in [0.5, 0.6) is 0 Å². The van der Waals surface area contributed by atoms with Crippen LogP contribution in [0.2, 0.25) is 0 Å². The molecule has 1 unspecified atom stereocenters. The predicted molar refractivity (Wildman–Crippen MR) is 68.2 cm³/mol. The predicted octanol–water partition coefficient (Wildman–Crippen LogP) is -0.117. The van der Waals surface area contributed by atoms with Gasteiger partial charge in [-0.3, -0.25) is 4.79 Å². The van der Waals surface area contributed by atoms with Crippen LogP contribution in [0.1, 0.15) is 12.8 Å². The van der Waals surface area contributed by atoms with Crippen molar-refractivity contribution in [2.24, 2.45) is 0 Å². The van der Waals surface area contributed by atoms with Gasteiger partial charge in [0.05, 0.1) is 6.33 Å². The van der Waals surface area contributed by atoms with Crippen molar-refractivity contribution < 1.29 is 0 Å². The zero-order valence-electron chi connectivity index (χ0n) is 10.3. The standard InChI is InChI=1S/C11H19N5O/c1-15-5-3-4-8(15)6-16(2)10-9(12)11(17)14-7-13-10/h7-8H,3-6,12H2,1-2H3,(H,13,14,17). The monoisotopic (exact) mass is 237 g/mol. The van der Waals surface area contributed by atoms with Crippen LogP contribution in [0.3, 0.4) is 0 Å². The van der Waals surface area contributed by atoms with Crippen LogP contribution in [0.25, 0.3) is 0 Å². The molecule has 0 bridgehead atoms. The molecule has 0 aliphatic carbocycles. The number of nitrogens with one attached hydrogen (secondary N) is 1. The quantitative estimate of drug-likeness (QED) is 0.766. The maximum absolute atomic E-state index is 11.4. The van der Waals surface area contributed by atoms with Gasteiger partial charge in [0, 0.05) is 19.6 Å². The van der Waals surface area contributed by atoms with Gasteiger partial charge in [-0.15, -0.1) is 0 Å². The minimum Gasteiger partial charge on any atom is -0.391 e. The lowest BCUT2D eigenvalue weighted by Crippen LogP contribution is -2.37. The topological polar surface area (TPSA) is 78.2 Å². The van der Waals surface area contributed by atoms with Gasteiger partial charge >= 0.3 is 0 Å². The lowest BCUT2D eigenvalue weighted by molar-refractivity contribution is 0.314. The summed E-state index contributed by atoms with van der Waals surface area (Å²) in [6.45, 7) is 1.98. The fourth-order valence-corrected chi connectivity index (χ4v) is 2.32. The first-order chi connectivity index (χ1) is 8.09. The van der Waals surface area contributed by atoms with Crippen LogP contribution in [-0.2, 0) is 0 Å². The van der Waals surface area contributed by atoms with Crippen molar-refractivity contribution in [1.29, 1.82) is 0 Å². The Balaban J connectivity index is 2.11. The van der Waals surface area contributed by atoms with E-state index in [-0.39, 0.29) is 11.2 Å². The molecule has 6 heteroatoms. The van der Waals surface area contributed by atoms with Gasteiger partial charge in [-0.1, -0.05) is 0 Å². The number of aromatic nitrogens is 2. The number of H-pyrrole nitrogens is 1. The Morgan fingerprint density at radius 2 is 2.47 bits per heavy atom. The Kier molecular flexibility index (Phi) is 3.33. The third-order valence-electron chi connectivity index (χ3n) is 3.39. The molecule has 0 amide bonds. The van der Waals surface area contributed by atoms with Gasteiger partial charge in [0.25, 0.3) is 5.56 Å². The van der Waals surface area contributed by atoms with Crippen molar-refractivity contribution in [1.82, 2.24) is 14.9 Å². The Labute approximate surface area is 100 Å². The van der Waals surface area contributed by atoms with E-state index in [9.17, 15) is 4.79 Å². The highest BCUT2D eigenvalue weighted by Gasteiger charge is 2.23. The maximum atomic E-state index is 11.4. The van der Waals surface area contributed by atoms with Gasteiger partial charge in [0.15, 0.2) is 5.82 Å². The summed E-state index contributed by atoms with van der Waals surface area (Å²) >= 11 is 0. The highest BCUT2D eigenvalue weighted by atomic mass is 16.1. The molecule has 2 heterocycles. The fourth-order valence-electron chi connectivity index (χ4n) is 2.32. The SMILES string of the molecule is CN(CC1CCCN1C)c1nc[nH]c(=O)c1N. The van der Waals surface area contributed by atoms with E-state index in [0.29, 0.717) is 11.9 Å². The second kappa shape index (κ2) is 4.75. The third-order valence-corrected chi connectivity index (χ3v) is 3.39. The second-order valence-corrected chi connectivity index (χ2v) is 4.63. The number of anilines is 2. The average molecular weight is 237 g/mol. The number of hydrogen-bond donors (Lipinski definition) is 2. The minimum absolute atomic E-state index is 0.190. The summed E-state index contributed by atoms with van der Waals surface area (Å²) in [5.74, 6) is 0.564. The lowest BCUT2D eigenvalue weighted by Gasteiger charge is -2.26. The molecular weight excluding hydrogens is 218 g/mol. The van der Waals surface area contributed by atoms with Gasteiger partial charge in [-0.05, 0) is 26.4 Å². The Bertz CT molecular complexity index is 444. The molecule has 2 rings (SSSR count). The van der Waals surface area contributed by atoms with Gasteiger partial charge in [0.2, 0.25) is 0 Å². The summed E-state index contributed by atoms with van der Waals surface area (Å²) in [7, 11) is 4.05. The second-order valence-electron chi connectivity index (χ2n) is 4.63. The van der Waals surface area contributed by atoms with Crippen LogP contribution in [-0.4, -0.2) is 48.1 Å². The van der Waals surface area contributed by atoms with E-state index in [0.717, 1.165) is 13.1 Å². The first-order valence-electron chi connectivity index (χ1n) is 5.84. The molecular formula is C11H19N5O. The van der Waals surface area contributed by atoms with Crippen molar-refractivity contribution >= 4 is 11.5 Å². The smallest absolute Gasteiger partial charge is 0.276 e. The van der Waals surface area contributed by atoms with Gasteiger partial charge < -0.3 is 20.5 Å². The van der Waals surface area contributed by atoms with Crippen molar-refractivity contribution in [3.05, 3.63) is 16.7 Å². The molecule has 1 aliphatic rings. The molecule has 1 aromatic heterocycles. The van der Waals surface area contributed by atoms with Gasteiger partial charge in [-0.25, -0.2) is 4.98 Å². The van der Waals surface area contributed by atoms with Crippen LogP contribution in [0.15, 0.2) is 11.1 Å². The molecule has 1 aromatic rings. The van der Waals surface area contributed by atoms with Crippen LogP contribution >= 0.6 is 0 Å². The summed E-state index contributed by atoms with van der Waals surface area (Å²) in [4.78, 5) is 22.3. The highest BCUT2D eigenvalue weighted by Crippen LogP contribution is 2.19. The van der Waals surface area contributed by atoms with Gasteiger partial charge in [-0.2, -0.15) is 0 Å². The molecule has 0 aromatic carbocycles. The normalized spacial score (nSPS) is 20.7. The molecule has 1 fully saturated rings. The fraction of sp³-hybridized carbons (Fsp3) is 0.636. The zero-order valence-corrected chi connectivity index (χ0v) is 10.3. The number of nitrogens with two attached hydrogens (primary N) is 1. The number of hydrogen-bond acceptors (Lipinski definition) is 5. The first-order valence-corrected chi connectivity index (χ1v) is 5.84. The number of nitrogen functional groups attached to an aromatic ring is 1. The summed E-state index contributed by atoms with van der Waals surface area (Å²) < 4.78 is 0. The van der Waals surface area contributed by atoms with E-state index in [1.807, 2.05) is 11.9 Å². The molecule has 0 radical (unpaired) electrons. The first kappa shape index (κ1) is 11.9. The van der Waals surface area contributed by atoms with E-state index < -0.39 is 0 Å². The Hall–Kier alpha value is -1.56. The third kappa shape index (κ3) is 2.41. The van der Waals surface area contributed by atoms with Gasteiger partial charge in [0.1, 0.15) is 5.69 Å². The Morgan fingerprint density at radius 3 is 3.12 bits per heavy atom. The van der Waals surface area contributed by atoms with Crippen LogP contribution in [0.4, 0.5) is 11.5 Å². The van der Waals surface area contributed by atoms with Crippen molar-refractivity contribution in [2.45, 2.75) is 18.9 Å². The van der Waals surface area contributed by atoms with Crippen LogP contribution in [0, 0.1) is 0 Å². The molecule has 94 valence electrons. The molecule has 0 saturated carbocycles. The minimum atomic E-state index is -0.276. The van der Waals surface area contributed by atoms with Crippen LogP contribution < -0.4 is 16.2 Å². The highest BCUT2D eigenvalue weighted by molar-refractivity contribution is 5.60. The maximum Gasteiger partial charge on any atom is 0.276 e. The summed E-state index contributed by atoms with van der Waals surface area (Å²) in [6, 6.07) is 0.514. The number of likely N-dealkylation sites (tertiary alicyclic amines) is 1. The summed E-state index contributed by atoms with van der Waals surface area (Å²) in [5.41, 5.74) is 5.65. The molecule has 1 atom stereocenters. The summed E-state index contributed by atoms with van der Waals surface area (Å²) in [6.07, 6.45) is 3.81. The Morgan fingerprint density at radius 1 is 1.71 bits per heavy atom. The average Bonchev–Trinajstić information content (AvgIpc) is 2.68. The van der Waals surface area contributed by atoms with Crippen molar-refractivity contribution in [2.75, 3.05) is 37.8 Å². The lowest BCUT2D eigenvalue weighted by atomic mass is 10.2. The van der Waals surface area contributed by atoms with E-state index in [1.165, 1.54) is 19.2 Å². The van der Waals surface area contributed by atoms with Crippen molar-refractivity contribution in [3.63, 3.8) is 0 Å². The number of aromatic amines is 1.